The van der Waals surface area contributed by atoms with Crippen molar-refractivity contribution in [2.45, 2.75) is 13.3 Å². The molecule has 0 spiro atoms. The van der Waals surface area contributed by atoms with Crippen molar-refractivity contribution in [2.24, 2.45) is 0 Å². The second-order valence-electron chi connectivity index (χ2n) is 3.54. The zero-order chi connectivity index (χ0) is 13.1. The van der Waals surface area contributed by atoms with E-state index in [1.165, 1.54) is 0 Å². The van der Waals surface area contributed by atoms with Crippen molar-refractivity contribution in [2.75, 3.05) is 5.32 Å². The van der Waals surface area contributed by atoms with Gasteiger partial charge in [-0.3, -0.25) is 9.89 Å². The number of aromatic amines is 1. The first kappa shape index (κ1) is 13.2. The molecule has 1 aromatic carbocycles. The van der Waals surface area contributed by atoms with E-state index in [0.29, 0.717) is 17.9 Å². The average Bonchev–Trinajstić information content (AvgIpc) is 2.82. The number of carbonyl (C=O) groups excluding carboxylic acids is 1. The molecule has 1 aromatic heterocycles. The first-order chi connectivity index (χ1) is 8.60. The Morgan fingerprint density at radius 3 is 2.89 bits per heavy atom. The van der Waals surface area contributed by atoms with Crippen LogP contribution in [0.1, 0.15) is 23.4 Å². The number of anilines is 1. The lowest BCUT2D eigenvalue weighted by atomic mass is 10.3. The van der Waals surface area contributed by atoms with Crippen LogP contribution in [0.5, 0.6) is 0 Å². The normalized spacial score (nSPS) is 10.4. The molecule has 0 unspecified atom stereocenters. The van der Waals surface area contributed by atoms with Gasteiger partial charge in [-0.15, -0.1) is 5.10 Å². The molecule has 1 heterocycles. The highest BCUT2D eigenvalue weighted by Crippen LogP contribution is 2.26. The number of aryl methyl sites for hydroxylation is 1. The fourth-order valence-corrected chi connectivity index (χ4v) is 2.03. The minimum absolute atomic E-state index is 0.138. The molecule has 7 heteroatoms. The topological polar surface area (TPSA) is 70.7 Å². The summed E-state index contributed by atoms with van der Waals surface area (Å²) in [5.74, 6) is 0.483. The second-order valence-corrected chi connectivity index (χ2v) is 5.31. The number of H-pyrrole nitrogens is 1. The van der Waals surface area contributed by atoms with Gasteiger partial charge >= 0.3 is 0 Å². The van der Waals surface area contributed by atoms with Gasteiger partial charge in [0.1, 0.15) is 5.82 Å². The molecule has 2 N–H and O–H groups in total. The van der Waals surface area contributed by atoms with Crippen molar-refractivity contribution in [3.05, 3.63) is 38.8 Å². The Labute approximate surface area is 121 Å². The van der Waals surface area contributed by atoms with E-state index >= 15 is 0 Å². The Balaban J connectivity index is 2.18. The molecule has 2 rings (SSSR count). The molecule has 1 amide bonds. The Hall–Kier alpha value is -1.21. The van der Waals surface area contributed by atoms with Gasteiger partial charge in [0, 0.05) is 15.4 Å². The zero-order valence-corrected chi connectivity index (χ0v) is 12.7. The Bertz CT molecular complexity index is 582. The molecule has 0 aliphatic heterocycles. The lowest BCUT2D eigenvalue weighted by Crippen LogP contribution is -2.14. The molecule has 0 aliphatic rings. The summed E-state index contributed by atoms with van der Waals surface area (Å²) < 4.78 is 1.68. The van der Waals surface area contributed by atoms with E-state index in [4.69, 9.17) is 0 Å². The molecule has 0 bridgehead atoms. The predicted octanol–water partition coefficient (Wildman–Crippen LogP) is 3.14. The highest BCUT2D eigenvalue weighted by Gasteiger charge is 2.13. The van der Waals surface area contributed by atoms with Crippen LogP contribution in [0.2, 0.25) is 0 Å². The average molecular weight is 374 g/mol. The molecule has 0 fully saturated rings. The molecule has 5 nitrogen and oxygen atoms in total. The van der Waals surface area contributed by atoms with Gasteiger partial charge in [0.25, 0.3) is 5.91 Å². The number of rotatable bonds is 3. The summed E-state index contributed by atoms with van der Waals surface area (Å²) >= 11 is 6.71. The summed E-state index contributed by atoms with van der Waals surface area (Å²) in [5, 5.41) is 9.31. The first-order valence-electron chi connectivity index (χ1n) is 5.28. The van der Waals surface area contributed by atoms with Crippen LogP contribution in [0.15, 0.2) is 27.1 Å². The van der Waals surface area contributed by atoms with Crippen LogP contribution in [-0.4, -0.2) is 21.1 Å². The first-order valence-corrected chi connectivity index (χ1v) is 6.86. The van der Waals surface area contributed by atoms with Crippen LogP contribution in [0.3, 0.4) is 0 Å². The molecular formula is C11H10Br2N4O. The van der Waals surface area contributed by atoms with E-state index in [9.17, 15) is 4.79 Å². The number of aromatic nitrogens is 3. The molecular weight excluding hydrogens is 364 g/mol. The Morgan fingerprint density at radius 1 is 1.44 bits per heavy atom. The fraction of sp³-hybridized carbons (Fsp3) is 0.182. The zero-order valence-electron chi connectivity index (χ0n) is 9.50. The molecule has 0 saturated carbocycles. The number of nitrogens with zero attached hydrogens (tertiary/aromatic N) is 2. The minimum atomic E-state index is -0.343. The Morgan fingerprint density at radius 2 is 2.22 bits per heavy atom. The van der Waals surface area contributed by atoms with Crippen LogP contribution >= 0.6 is 31.9 Å². The van der Waals surface area contributed by atoms with E-state index in [2.05, 4.69) is 52.4 Å². The number of halogens is 2. The summed E-state index contributed by atoms with van der Waals surface area (Å²) in [5.41, 5.74) is 0.664. The Kier molecular flexibility index (Phi) is 4.13. The quantitative estimate of drug-likeness (QED) is 0.868. The third-order valence-electron chi connectivity index (χ3n) is 2.25. The molecule has 0 aliphatic carbocycles. The molecule has 0 radical (unpaired) electrons. The maximum Gasteiger partial charge on any atom is 0.295 e. The van der Waals surface area contributed by atoms with Crippen molar-refractivity contribution in [3.63, 3.8) is 0 Å². The third-order valence-corrected chi connectivity index (χ3v) is 3.43. The second kappa shape index (κ2) is 5.62. The number of nitrogens with one attached hydrogen (secondary N) is 2. The lowest BCUT2D eigenvalue weighted by Gasteiger charge is -2.05. The van der Waals surface area contributed by atoms with Crippen molar-refractivity contribution in [3.8, 4) is 0 Å². The van der Waals surface area contributed by atoms with Crippen LogP contribution in [-0.2, 0) is 6.42 Å². The number of hydrogen-bond acceptors (Lipinski definition) is 3. The summed E-state index contributed by atoms with van der Waals surface area (Å²) in [6.45, 7) is 1.94. The highest BCUT2D eigenvalue weighted by atomic mass is 79.9. The van der Waals surface area contributed by atoms with Gasteiger partial charge in [0.2, 0.25) is 5.82 Å². The summed E-state index contributed by atoms with van der Waals surface area (Å²) in [4.78, 5) is 16.0. The minimum Gasteiger partial charge on any atom is -0.318 e. The largest absolute Gasteiger partial charge is 0.318 e. The number of carbonyl (C=O) groups is 1. The maximum absolute atomic E-state index is 11.9. The van der Waals surface area contributed by atoms with Gasteiger partial charge < -0.3 is 5.32 Å². The van der Waals surface area contributed by atoms with Crippen LogP contribution in [0, 0.1) is 0 Å². The van der Waals surface area contributed by atoms with Crippen LogP contribution in [0.4, 0.5) is 5.69 Å². The van der Waals surface area contributed by atoms with Crippen molar-refractivity contribution >= 4 is 43.5 Å². The van der Waals surface area contributed by atoms with Crippen LogP contribution < -0.4 is 5.32 Å². The monoisotopic (exact) mass is 372 g/mol. The fourth-order valence-electron chi connectivity index (χ4n) is 1.33. The molecule has 2 aromatic rings. The van der Waals surface area contributed by atoms with E-state index in [1.807, 2.05) is 19.1 Å². The van der Waals surface area contributed by atoms with Gasteiger partial charge in [-0.05, 0) is 34.1 Å². The third kappa shape index (κ3) is 2.97. The van der Waals surface area contributed by atoms with E-state index < -0.39 is 0 Å². The summed E-state index contributed by atoms with van der Waals surface area (Å²) in [6.07, 6.45) is 0.709. The molecule has 0 saturated heterocycles. The van der Waals surface area contributed by atoms with E-state index in [-0.39, 0.29) is 11.7 Å². The van der Waals surface area contributed by atoms with Crippen molar-refractivity contribution in [1.29, 1.82) is 0 Å². The summed E-state index contributed by atoms with van der Waals surface area (Å²) in [7, 11) is 0. The number of amides is 1. The standard InChI is InChI=1S/C11H10Br2N4O/c1-2-9-15-10(17-16-9)11(18)14-8-5-6(12)3-4-7(8)13/h3-5H,2H2,1H3,(H,14,18)(H,15,16,17). The van der Waals surface area contributed by atoms with Crippen LogP contribution in [0.25, 0.3) is 0 Å². The van der Waals surface area contributed by atoms with Gasteiger partial charge in [0.15, 0.2) is 0 Å². The lowest BCUT2D eigenvalue weighted by molar-refractivity contribution is 0.101. The van der Waals surface area contributed by atoms with E-state index in [0.717, 1.165) is 8.95 Å². The van der Waals surface area contributed by atoms with E-state index in [1.54, 1.807) is 6.07 Å². The molecule has 18 heavy (non-hydrogen) atoms. The van der Waals surface area contributed by atoms with Gasteiger partial charge in [-0.25, -0.2) is 4.98 Å². The maximum atomic E-state index is 11.9. The summed E-state index contributed by atoms with van der Waals surface area (Å²) in [6, 6.07) is 5.52. The number of hydrogen-bond donors (Lipinski definition) is 2. The van der Waals surface area contributed by atoms with Crippen molar-refractivity contribution in [1.82, 2.24) is 15.2 Å². The SMILES string of the molecule is CCc1nc(C(=O)Nc2cc(Br)ccc2Br)n[nH]1. The highest BCUT2D eigenvalue weighted by molar-refractivity contribution is 9.11. The van der Waals surface area contributed by atoms with Gasteiger partial charge in [0.05, 0.1) is 5.69 Å². The molecule has 0 atom stereocenters. The van der Waals surface area contributed by atoms with Crippen molar-refractivity contribution < 1.29 is 4.79 Å². The smallest absolute Gasteiger partial charge is 0.295 e. The van der Waals surface area contributed by atoms with Gasteiger partial charge in [-0.2, -0.15) is 0 Å². The molecule has 94 valence electrons. The number of benzene rings is 1. The van der Waals surface area contributed by atoms with Gasteiger partial charge in [-0.1, -0.05) is 22.9 Å². The predicted molar refractivity (Wildman–Crippen MR) is 75.6 cm³/mol.